The molecule has 1 aromatic carbocycles. The average Bonchev–Trinajstić information content (AvgIpc) is 2.37. The molecule has 0 radical (unpaired) electrons. The zero-order valence-corrected chi connectivity index (χ0v) is 9.71. The number of halogens is 1. The minimum absolute atomic E-state index is 0.0426. The molecule has 0 amide bonds. The zero-order chi connectivity index (χ0) is 13.7. The highest BCUT2D eigenvalue weighted by Crippen LogP contribution is 2.22. The summed E-state index contributed by atoms with van der Waals surface area (Å²) in [5, 5.41) is 10.6. The van der Waals surface area contributed by atoms with Crippen LogP contribution in [0.25, 0.3) is 0 Å². The van der Waals surface area contributed by atoms with Crippen LogP contribution in [0.15, 0.2) is 24.3 Å². The van der Waals surface area contributed by atoms with Gasteiger partial charge in [-0.1, -0.05) is 12.1 Å². The molecular weight excluding hydrogens is 243 g/mol. The largest absolute Gasteiger partial charge is 0.464 e. The van der Waals surface area contributed by atoms with E-state index >= 15 is 0 Å². The normalized spacial score (nSPS) is 13.7. The Hall–Kier alpha value is -2.02. The predicted octanol–water partition coefficient (Wildman–Crippen LogP) is 1.50. The minimum atomic E-state index is -2.05. The van der Waals surface area contributed by atoms with Crippen molar-refractivity contribution >= 4 is 11.7 Å². The number of benzene rings is 1. The second-order valence-corrected chi connectivity index (χ2v) is 3.53. The summed E-state index contributed by atoms with van der Waals surface area (Å²) in [4.78, 5) is 21.1. The van der Waals surface area contributed by atoms with Crippen LogP contribution in [0, 0.1) is 10.1 Å². The first-order chi connectivity index (χ1) is 8.47. The summed E-state index contributed by atoms with van der Waals surface area (Å²) < 4.78 is 18.1. The summed E-state index contributed by atoms with van der Waals surface area (Å²) in [7, 11) is 0. The third-order valence-corrected chi connectivity index (χ3v) is 2.29. The van der Waals surface area contributed by atoms with E-state index in [0.717, 1.165) is 6.07 Å². The first-order valence-corrected chi connectivity index (χ1v) is 5.28. The Labute approximate surface area is 103 Å². The molecule has 7 heteroatoms. The number of rotatable bonds is 5. The van der Waals surface area contributed by atoms with Gasteiger partial charge in [-0.2, -0.15) is 0 Å². The molecule has 1 rings (SSSR count). The molecule has 0 bridgehead atoms. The van der Waals surface area contributed by atoms with Crippen LogP contribution in [-0.2, 0) is 9.53 Å². The number of alkyl halides is 1. The summed E-state index contributed by atoms with van der Waals surface area (Å²) in [6, 6.07) is 3.91. The van der Waals surface area contributed by atoms with Crippen LogP contribution in [0.5, 0.6) is 0 Å². The molecule has 0 aliphatic heterocycles. The number of carbonyl (C=O) groups is 1. The van der Waals surface area contributed by atoms with Crippen molar-refractivity contribution in [1.29, 1.82) is 0 Å². The molecule has 1 aromatic rings. The summed E-state index contributed by atoms with van der Waals surface area (Å²) in [5.74, 6) is -1.07. The van der Waals surface area contributed by atoms with Crippen molar-refractivity contribution < 1.29 is 18.8 Å². The maximum absolute atomic E-state index is 13.6. The lowest BCUT2D eigenvalue weighted by molar-refractivity contribution is -0.384. The molecule has 6 nitrogen and oxygen atoms in total. The van der Waals surface area contributed by atoms with Gasteiger partial charge >= 0.3 is 5.97 Å². The zero-order valence-electron chi connectivity index (χ0n) is 9.71. The van der Waals surface area contributed by atoms with Gasteiger partial charge in [0.05, 0.1) is 17.6 Å². The summed E-state index contributed by atoms with van der Waals surface area (Å²) in [6.45, 7) is 1.59. The SMILES string of the molecule is CCOC(=O)C(F)[C@@H](N)c1cccc([N+](=O)[O-])c1. The first kappa shape index (κ1) is 14.0. The van der Waals surface area contributed by atoms with E-state index in [2.05, 4.69) is 4.74 Å². The lowest BCUT2D eigenvalue weighted by Gasteiger charge is -2.15. The topological polar surface area (TPSA) is 95.5 Å². The highest BCUT2D eigenvalue weighted by Gasteiger charge is 2.28. The number of nitro benzene ring substituents is 1. The van der Waals surface area contributed by atoms with E-state index < -0.39 is 23.1 Å². The third kappa shape index (κ3) is 3.24. The molecule has 0 aliphatic carbocycles. The van der Waals surface area contributed by atoms with Crippen molar-refractivity contribution in [2.45, 2.75) is 19.1 Å². The van der Waals surface area contributed by atoms with E-state index in [-0.39, 0.29) is 17.9 Å². The van der Waals surface area contributed by atoms with Crippen LogP contribution in [0.4, 0.5) is 10.1 Å². The van der Waals surface area contributed by atoms with Crippen molar-refractivity contribution in [3.8, 4) is 0 Å². The van der Waals surface area contributed by atoms with Gasteiger partial charge in [-0.05, 0) is 12.5 Å². The number of non-ortho nitro benzene ring substituents is 1. The van der Waals surface area contributed by atoms with Gasteiger partial charge in [-0.3, -0.25) is 10.1 Å². The lowest BCUT2D eigenvalue weighted by atomic mass is 10.0. The van der Waals surface area contributed by atoms with Gasteiger partial charge in [0.15, 0.2) is 0 Å². The number of nitrogens with zero attached hydrogens (tertiary/aromatic N) is 1. The number of hydrogen-bond acceptors (Lipinski definition) is 5. The third-order valence-electron chi connectivity index (χ3n) is 2.29. The molecule has 98 valence electrons. The van der Waals surface area contributed by atoms with Gasteiger partial charge in [0.25, 0.3) is 5.69 Å². The molecule has 2 N–H and O–H groups in total. The number of esters is 1. The molecule has 0 saturated heterocycles. The van der Waals surface area contributed by atoms with Gasteiger partial charge in [-0.25, -0.2) is 9.18 Å². The Balaban J connectivity index is 2.89. The van der Waals surface area contributed by atoms with Crippen molar-refractivity contribution in [3.63, 3.8) is 0 Å². The fraction of sp³-hybridized carbons (Fsp3) is 0.364. The second kappa shape index (κ2) is 6.06. The van der Waals surface area contributed by atoms with E-state index in [1.807, 2.05) is 0 Å². The monoisotopic (exact) mass is 256 g/mol. The van der Waals surface area contributed by atoms with Crippen molar-refractivity contribution in [3.05, 3.63) is 39.9 Å². The van der Waals surface area contributed by atoms with Crippen molar-refractivity contribution in [2.75, 3.05) is 6.61 Å². The quantitative estimate of drug-likeness (QED) is 0.489. The molecule has 0 heterocycles. The van der Waals surface area contributed by atoms with Crippen LogP contribution >= 0.6 is 0 Å². The molecule has 2 atom stereocenters. The second-order valence-electron chi connectivity index (χ2n) is 3.53. The van der Waals surface area contributed by atoms with Gasteiger partial charge in [0, 0.05) is 12.1 Å². The van der Waals surface area contributed by atoms with E-state index in [1.54, 1.807) is 6.92 Å². The van der Waals surface area contributed by atoms with E-state index in [0.29, 0.717) is 0 Å². The van der Waals surface area contributed by atoms with Gasteiger partial charge < -0.3 is 10.5 Å². The van der Waals surface area contributed by atoms with Crippen LogP contribution in [0.1, 0.15) is 18.5 Å². The standard InChI is InChI=1S/C11H13FN2O4/c1-2-18-11(15)9(12)10(13)7-4-3-5-8(6-7)14(16)17/h3-6,9-10H,2,13H2,1H3/t9?,10-/m0/s1. The van der Waals surface area contributed by atoms with E-state index in [9.17, 15) is 19.3 Å². The Bertz CT molecular complexity index is 452. The molecule has 1 unspecified atom stereocenters. The molecule has 18 heavy (non-hydrogen) atoms. The summed E-state index contributed by atoms with van der Waals surface area (Å²) in [5.41, 5.74) is 5.50. The van der Waals surface area contributed by atoms with Crippen LogP contribution in [-0.4, -0.2) is 23.7 Å². The maximum Gasteiger partial charge on any atom is 0.342 e. The Kier molecular flexibility index (Phi) is 4.73. The van der Waals surface area contributed by atoms with Crippen LogP contribution < -0.4 is 5.73 Å². The number of hydrogen-bond donors (Lipinski definition) is 1. The molecule has 0 spiro atoms. The molecular formula is C11H13FN2O4. The highest BCUT2D eigenvalue weighted by molar-refractivity contribution is 5.75. The number of ether oxygens (including phenoxy) is 1. The van der Waals surface area contributed by atoms with Crippen molar-refractivity contribution in [2.24, 2.45) is 5.73 Å². The van der Waals surface area contributed by atoms with E-state index in [1.165, 1.54) is 18.2 Å². The highest BCUT2D eigenvalue weighted by atomic mass is 19.1. The van der Waals surface area contributed by atoms with Gasteiger partial charge in [-0.15, -0.1) is 0 Å². The molecule has 0 saturated carbocycles. The Morgan fingerprint density at radius 3 is 2.83 bits per heavy atom. The lowest BCUT2D eigenvalue weighted by Crippen LogP contribution is -2.31. The van der Waals surface area contributed by atoms with E-state index in [4.69, 9.17) is 5.73 Å². The Morgan fingerprint density at radius 1 is 1.61 bits per heavy atom. The van der Waals surface area contributed by atoms with Gasteiger partial charge in [0.1, 0.15) is 0 Å². The first-order valence-electron chi connectivity index (χ1n) is 5.28. The Morgan fingerprint density at radius 2 is 2.28 bits per heavy atom. The number of nitrogens with two attached hydrogens (primary N) is 1. The fourth-order valence-corrected chi connectivity index (χ4v) is 1.38. The van der Waals surface area contributed by atoms with Crippen molar-refractivity contribution in [1.82, 2.24) is 0 Å². The van der Waals surface area contributed by atoms with Gasteiger partial charge in [0.2, 0.25) is 6.17 Å². The fourth-order valence-electron chi connectivity index (χ4n) is 1.38. The van der Waals surface area contributed by atoms with Crippen LogP contribution in [0.2, 0.25) is 0 Å². The average molecular weight is 256 g/mol. The number of carbonyl (C=O) groups excluding carboxylic acids is 1. The molecule has 0 aromatic heterocycles. The summed E-state index contributed by atoms with van der Waals surface area (Å²) >= 11 is 0. The van der Waals surface area contributed by atoms with Crippen LogP contribution in [0.3, 0.4) is 0 Å². The predicted molar refractivity (Wildman–Crippen MR) is 61.6 cm³/mol. The molecule has 0 aliphatic rings. The summed E-state index contributed by atoms with van der Waals surface area (Å²) in [6.07, 6.45) is -2.05. The molecule has 0 fully saturated rings. The maximum atomic E-state index is 13.6. The smallest absolute Gasteiger partial charge is 0.342 e. The number of nitro groups is 1. The minimum Gasteiger partial charge on any atom is -0.464 e.